The summed E-state index contributed by atoms with van der Waals surface area (Å²) in [7, 11) is 0. The Balaban J connectivity index is 1.32. The standard InChI is InChI=1S/C23H33N3O4/c27-22(9-6-18-4-2-1-3-5-18)24-19-7-8-20-21(16-19)30-17-23(28)26(20)11-10-25-12-14-29-15-13-25/h7-8,16,18H,1-6,9-15,17H2,(H,24,27). The number of nitrogens with zero attached hydrogens (tertiary/aromatic N) is 2. The Bertz CT molecular complexity index is 742. The van der Waals surface area contributed by atoms with Crippen molar-refractivity contribution in [1.29, 1.82) is 0 Å². The van der Waals surface area contributed by atoms with Crippen LogP contribution in [0.5, 0.6) is 5.75 Å². The highest BCUT2D eigenvalue weighted by Crippen LogP contribution is 2.34. The van der Waals surface area contributed by atoms with Crippen LogP contribution in [-0.2, 0) is 14.3 Å². The average molecular weight is 416 g/mol. The van der Waals surface area contributed by atoms with Crippen LogP contribution in [0, 0.1) is 5.92 Å². The topological polar surface area (TPSA) is 71.1 Å². The van der Waals surface area contributed by atoms with Gasteiger partial charge in [0.05, 0.1) is 18.9 Å². The van der Waals surface area contributed by atoms with Crippen molar-refractivity contribution in [3.63, 3.8) is 0 Å². The molecule has 1 saturated heterocycles. The normalized spacial score (nSPS) is 20.5. The molecule has 4 rings (SSSR count). The van der Waals surface area contributed by atoms with Gasteiger partial charge in [-0.05, 0) is 24.5 Å². The first-order valence-corrected chi connectivity index (χ1v) is 11.4. The SMILES string of the molecule is O=C(CCC1CCCCC1)Nc1ccc2c(c1)OCC(=O)N2CCN1CCOCC1. The molecular formula is C23H33N3O4. The second kappa shape index (κ2) is 10.3. The Morgan fingerprint density at radius 1 is 1.10 bits per heavy atom. The van der Waals surface area contributed by atoms with Crippen molar-refractivity contribution in [2.24, 2.45) is 5.92 Å². The van der Waals surface area contributed by atoms with Crippen LogP contribution in [0.1, 0.15) is 44.9 Å². The van der Waals surface area contributed by atoms with E-state index < -0.39 is 0 Å². The Hall–Kier alpha value is -2.12. The van der Waals surface area contributed by atoms with E-state index in [-0.39, 0.29) is 18.4 Å². The Morgan fingerprint density at radius 3 is 2.70 bits per heavy atom. The quantitative estimate of drug-likeness (QED) is 0.741. The highest BCUT2D eigenvalue weighted by atomic mass is 16.5. The Kier molecular flexibility index (Phi) is 7.23. The van der Waals surface area contributed by atoms with Gasteiger partial charge in [-0.15, -0.1) is 0 Å². The third-order valence-electron chi connectivity index (χ3n) is 6.43. The molecule has 0 radical (unpaired) electrons. The summed E-state index contributed by atoms with van der Waals surface area (Å²) in [5, 5.41) is 3.00. The van der Waals surface area contributed by atoms with E-state index in [1.807, 2.05) is 18.2 Å². The average Bonchev–Trinajstić information content (AvgIpc) is 2.78. The minimum Gasteiger partial charge on any atom is -0.481 e. The molecule has 3 aliphatic rings. The van der Waals surface area contributed by atoms with E-state index in [1.165, 1.54) is 32.1 Å². The first-order valence-electron chi connectivity index (χ1n) is 11.4. The van der Waals surface area contributed by atoms with Gasteiger partial charge in [0.1, 0.15) is 5.75 Å². The number of ether oxygens (including phenoxy) is 2. The van der Waals surface area contributed by atoms with Gasteiger partial charge in [0.15, 0.2) is 6.61 Å². The van der Waals surface area contributed by atoms with Crippen LogP contribution in [0.4, 0.5) is 11.4 Å². The van der Waals surface area contributed by atoms with Gasteiger partial charge in [-0.2, -0.15) is 0 Å². The zero-order valence-electron chi connectivity index (χ0n) is 17.7. The van der Waals surface area contributed by atoms with Gasteiger partial charge in [-0.25, -0.2) is 0 Å². The van der Waals surface area contributed by atoms with Crippen LogP contribution >= 0.6 is 0 Å². The maximum absolute atomic E-state index is 12.4. The van der Waals surface area contributed by atoms with E-state index in [4.69, 9.17) is 9.47 Å². The fourth-order valence-electron chi connectivity index (χ4n) is 4.63. The lowest BCUT2D eigenvalue weighted by atomic mass is 9.86. The summed E-state index contributed by atoms with van der Waals surface area (Å²) in [5.41, 5.74) is 1.50. The first kappa shape index (κ1) is 21.1. The zero-order chi connectivity index (χ0) is 20.8. The van der Waals surface area contributed by atoms with Crippen molar-refractivity contribution in [1.82, 2.24) is 4.90 Å². The second-order valence-corrected chi connectivity index (χ2v) is 8.56. The van der Waals surface area contributed by atoms with Gasteiger partial charge in [0.25, 0.3) is 5.91 Å². The molecule has 7 heteroatoms. The van der Waals surface area contributed by atoms with Crippen LogP contribution in [0.2, 0.25) is 0 Å². The van der Waals surface area contributed by atoms with Crippen molar-refractivity contribution in [3.8, 4) is 5.75 Å². The zero-order valence-corrected chi connectivity index (χ0v) is 17.7. The minimum absolute atomic E-state index is 0.0278. The summed E-state index contributed by atoms with van der Waals surface area (Å²) in [4.78, 5) is 28.9. The fraction of sp³-hybridized carbons (Fsp3) is 0.652. The lowest BCUT2D eigenvalue weighted by molar-refractivity contribution is -0.121. The lowest BCUT2D eigenvalue weighted by Crippen LogP contribution is -2.45. The molecule has 2 heterocycles. The summed E-state index contributed by atoms with van der Waals surface area (Å²) >= 11 is 0. The van der Waals surface area contributed by atoms with Crippen LogP contribution < -0.4 is 15.0 Å². The highest BCUT2D eigenvalue weighted by Gasteiger charge is 2.26. The third kappa shape index (κ3) is 5.52. The number of rotatable bonds is 7. The Labute approximate surface area is 178 Å². The van der Waals surface area contributed by atoms with Gasteiger partial charge in [-0.3, -0.25) is 14.5 Å². The van der Waals surface area contributed by atoms with E-state index in [1.54, 1.807) is 4.90 Å². The monoisotopic (exact) mass is 415 g/mol. The van der Waals surface area contributed by atoms with Crippen molar-refractivity contribution in [2.75, 3.05) is 56.2 Å². The van der Waals surface area contributed by atoms with Gasteiger partial charge >= 0.3 is 0 Å². The van der Waals surface area contributed by atoms with E-state index in [9.17, 15) is 9.59 Å². The molecule has 1 aliphatic carbocycles. The van der Waals surface area contributed by atoms with Crippen LogP contribution in [0.25, 0.3) is 0 Å². The third-order valence-corrected chi connectivity index (χ3v) is 6.43. The summed E-state index contributed by atoms with van der Waals surface area (Å²) in [6.45, 7) is 4.77. The lowest BCUT2D eigenvalue weighted by Gasteiger charge is -2.33. The van der Waals surface area contributed by atoms with Crippen molar-refractivity contribution < 1.29 is 19.1 Å². The van der Waals surface area contributed by atoms with Gasteiger partial charge in [0, 0.05) is 44.4 Å². The number of carbonyl (C=O) groups is 2. The van der Waals surface area contributed by atoms with Crippen LogP contribution in [-0.4, -0.2) is 62.7 Å². The number of hydrogen-bond acceptors (Lipinski definition) is 5. The van der Waals surface area contributed by atoms with E-state index in [0.29, 0.717) is 24.6 Å². The molecule has 1 aromatic rings. The molecule has 0 spiro atoms. The van der Waals surface area contributed by atoms with Gasteiger partial charge in [0.2, 0.25) is 5.91 Å². The predicted molar refractivity (Wildman–Crippen MR) is 116 cm³/mol. The largest absolute Gasteiger partial charge is 0.481 e. The molecule has 2 aliphatic heterocycles. The van der Waals surface area contributed by atoms with Crippen molar-refractivity contribution >= 4 is 23.2 Å². The van der Waals surface area contributed by atoms with Gasteiger partial charge in [-0.1, -0.05) is 32.1 Å². The predicted octanol–water partition coefficient (Wildman–Crippen LogP) is 3.04. The molecule has 7 nitrogen and oxygen atoms in total. The number of carbonyl (C=O) groups excluding carboxylic acids is 2. The molecule has 0 unspecified atom stereocenters. The molecule has 1 aromatic carbocycles. The minimum atomic E-state index is -0.0278. The molecule has 1 N–H and O–H groups in total. The summed E-state index contributed by atoms with van der Waals surface area (Å²) in [5.74, 6) is 1.38. The van der Waals surface area contributed by atoms with Crippen LogP contribution in [0.3, 0.4) is 0 Å². The molecule has 30 heavy (non-hydrogen) atoms. The van der Waals surface area contributed by atoms with Crippen molar-refractivity contribution in [3.05, 3.63) is 18.2 Å². The number of amides is 2. The first-order chi connectivity index (χ1) is 14.7. The van der Waals surface area contributed by atoms with Crippen LogP contribution in [0.15, 0.2) is 18.2 Å². The Morgan fingerprint density at radius 2 is 1.90 bits per heavy atom. The molecule has 2 fully saturated rings. The number of nitrogens with one attached hydrogen (secondary N) is 1. The molecule has 164 valence electrons. The van der Waals surface area contributed by atoms with E-state index in [0.717, 1.165) is 50.6 Å². The molecule has 2 amide bonds. The second-order valence-electron chi connectivity index (χ2n) is 8.56. The molecule has 0 bridgehead atoms. The number of benzene rings is 1. The number of hydrogen-bond donors (Lipinski definition) is 1. The van der Waals surface area contributed by atoms with E-state index >= 15 is 0 Å². The summed E-state index contributed by atoms with van der Waals surface area (Å²) < 4.78 is 11.0. The molecule has 0 atom stereocenters. The number of anilines is 2. The van der Waals surface area contributed by atoms with E-state index in [2.05, 4.69) is 10.2 Å². The van der Waals surface area contributed by atoms with Crippen molar-refractivity contribution in [2.45, 2.75) is 44.9 Å². The summed E-state index contributed by atoms with van der Waals surface area (Å²) in [6, 6.07) is 5.57. The number of fused-ring (bicyclic) bond motifs is 1. The maximum Gasteiger partial charge on any atom is 0.265 e. The fourth-order valence-corrected chi connectivity index (χ4v) is 4.63. The molecule has 0 aromatic heterocycles. The smallest absolute Gasteiger partial charge is 0.265 e. The highest BCUT2D eigenvalue weighted by molar-refractivity contribution is 5.99. The summed E-state index contributed by atoms with van der Waals surface area (Å²) in [6.07, 6.45) is 7.99. The molecular weight excluding hydrogens is 382 g/mol. The number of morpholine rings is 1. The maximum atomic E-state index is 12.4. The molecule has 1 saturated carbocycles. The van der Waals surface area contributed by atoms with Gasteiger partial charge < -0.3 is 19.7 Å².